The quantitative estimate of drug-likeness (QED) is 0.400. The van der Waals surface area contributed by atoms with Gasteiger partial charge in [-0.2, -0.15) is 0 Å². The number of para-hydroxylation sites is 1. The number of carbonyl (C=O) groups is 1. The average molecular weight is 433 g/mol. The number of hydrogen-bond acceptors (Lipinski definition) is 4. The van der Waals surface area contributed by atoms with E-state index in [0.29, 0.717) is 16.5 Å². The molecule has 1 heterocycles. The van der Waals surface area contributed by atoms with E-state index in [1.54, 1.807) is 41.1 Å². The second-order valence-electron chi connectivity index (χ2n) is 7.26. The van der Waals surface area contributed by atoms with E-state index in [2.05, 4.69) is 15.6 Å². The number of ether oxygens (including phenoxy) is 1. The van der Waals surface area contributed by atoms with Crippen LogP contribution in [0.4, 0.5) is 5.69 Å². The van der Waals surface area contributed by atoms with Gasteiger partial charge in [0, 0.05) is 10.7 Å². The first kappa shape index (κ1) is 20.6. The highest BCUT2D eigenvalue weighted by molar-refractivity contribution is 6.30. The van der Waals surface area contributed by atoms with Gasteiger partial charge in [0.25, 0.3) is 5.91 Å². The maximum Gasteiger partial charge on any atom is 0.278 e. The lowest BCUT2D eigenvalue weighted by molar-refractivity contribution is 0.102. The van der Waals surface area contributed by atoms with Crippen LogP contribution in [0.25, 0.3) is 5.69 Å². The van der Waals surface area contributed by atoms with Crippen molar-refractivity contribution in [3.63, 3.8) is 0 Å². The summed E-state index contributed by atoms with van der Waals surface area (Å²) in [6.07, 6.45) is 0. The summed E-state index contributed by atoms with van der Waals surface area (Å²) in [6, 6.07) is 23.9. The Morgan fingerprint density at radius 3 is 2.23 bits per heavy atom. The smallest absolute Gasteiger partial charge is 0.278 e. The van der Waals surface area contributed by atoms with Gasteiger partial charge < -0.3 is 10.1 Å². The SMILES string of the molecule is CC(C)c1c(C(=O)Nc2ccc(Oc3ccccc3)cc2)nnn1-c1ccc(Cl)cc1. The standard InChI is InChI=1S/C24H21ClN4O2/c1-16(2)23-22(27-28-29(23)19-12-8-17(25)9-13-19)24(30)26-18-10-14-21(15-11-18)31-20-6-4-3-5-7-20/h3-16H,1-2H3,(H,26,30). The summed E-state index contributed by atoms with van der Waals surface area (Å²) in [5.74, 6) is 1.15. The number of nitrogens with zero attached hydrogens (tertiary/aromatic N) is 3. The fourth-order valence-electron chi connectivity index (χ4n) is 3.16. The third-order valence-electron chi connectivity index (χ3n) is 4.63. The Kier molecular flexibility index (Phi) is 6.00. The second-order valence-corrected chi connectivity index (χ2v) is 7.70. The second kappa shape index (κ2) is 9.02. The zero-order valence-electron chi connectivity index (χ0n) is 17.1. The van der Waals surface area contributed by atoms with Crippen LogP contribution in [0, 0.1) is 0 Å². The fourth-order valence-corrected chi connectivity index (χ4v) is 3.29. The largest absolute Gasteiger partial charge is 0.457 e. The van der Waals surface area contributed by atoms with Crippen molar-refractivity contribution < 1.29 is 9.53 Å². The molecule has 0 saturated heterocycles. The molecule has 4 rings (SSSR count). The molecule has 4 aromatic rings. The molecule has 6 nitrogen and oxygen atoms in total. The number of nitrogens with one attached hydrogen (secondary N) is 1. The van der Waals surface area contributed by atoms with Crippen molar-refractivity contribution >= 4 is 23.2 Å². The molecule has 1 amide bonds. The van der Waals surface area contributed by atoms with E-state index in [-0.39, 0.29) is 17.5 Å². The predicted molar refractivity (Wildman–Crippen MR) is 121 cm³/mol. The van der Waals surface area contributed by atoms with Gasteiger partial charge >= 0.3 is 0 Å². The van der Waals surface area contributed by atoms with Crippen molar-refractivity contribution in [3.8, 4) is 17.2 Å². The first-order valence-electron chi connectivity index (χ1n) is 9.87. The number of carbonyl (C=O) groups excluding carboxylic acids is 1. The summed E-state index contributed by atoms with van der Waals surface area (Å²) in [5.41, 5.74) is 2.45. The molecular formula is C24H21ClN4O2. The van der Waals surface area contributed by atoms with Crippen LogP contribution in [0.1, 0.15) is 35.9 Å². The van der Waals surface area contributed by atoms with Crippen LogP contribution in [-0.4, -0.2) is 20.9 Å². The van der Waals surface area contributed by atoms with E-state index in [0.717, 1.165) is 17.1 Å². The van der Waals surface area contributed by atoms with Crippen molar-refractivity contribution in [2.24, 2.45) is 0 Å². The van der Waals surface area contributed by atoms with Crippen LogP contribution < -0.4 is 10.1 Å². The zero-order chi connectivity index (χ0) is 21.8. The molecule has 0 aliphatic rings. The van der Waals surface area contributed by atoms with E-state index in [4.69, 9.17) is 16.3 Å². The molecule has 0 saturated carbocycles. The number of rotatable bonds is 6. The highest BCUT2D eigenvalue weighted by atomic mass is 35.5. The molecule has 3 aromatic carbocycles. The Morgan fingerprint density at radius 1 is 0.935 bits per heavy atom. The van der Waals surface area contributed by atoms with E-state index >= 15 is 0 Å². The van der Waals surface area contributed by atoms with Crippen LogP contribution in [0.2, 0.25) is 5.02 Å². The summed E-state index contributed by atoms with van der Waals surface area (Å²) >= 11 is 5.99. The third kappa shape index (κ3) is 4.75. The van der Waals surface area contributed by atoms with Crippen LogP contribution in [0.3, 0.4) is 0 Å². The van der Waals surface area contributed by atoms with Crippen LogP contribution in [-0.2, 0) is 0 Å². The van der Waals surface area contributed by atoms with Crippen LogP contribution >= 0.6 is 11.6 Å². The Labute approximate surface area is 185 Å². The molecule has 7 heteroatoms. The van der Waals surface area contributed by atoms with Gasteiger partial charge in [0.15, 0.2) is 5.69 Å². The van der Waals surface area contributed by atoms with Crippen molar-refractivity contribution in [1.29, 1.82) is 0 Å². The normalized spacial score (nSPS) is 10.8. The Bertz CT molecular complexity index is 1170. The molecule has 0 aliphatic heterocycles. The van der Waals surface area contributed by atoms with Crippen molar-refractivity contribution in [2.45, 2.75) is 19.8 Å². The fraction of sp³-hybridized carbons (Fsp3) is 0.125. The van der Waals surface area contributed by atoms with Gasteiger partial charge in [0.2, 0.25) is 0 Å². The number of hydrogen-bond donors (Lipinski definition) is 1. The van der Waals surface area contributed by atoms with Crippen LogP contribution in [0.15, 0.2) is 78.9 Å². The summed E-state index contributed by atoms with van der Waals surface area (Å²) in [7, 11) is 0. The Morgan fingerprint density at radius 2 is 1.58 bits per heavy atom. The highest BCUT2D eigenvalue weighted by Gasteiger charge is 2.23. The van der Waals surface area contributed by atoms with Gasteiger partial charge in [-0.15, -0.1) is 5.10 Å². The van der Waals surface area contributed by atoms with E-state index in [1.807, 2.05) is 56.3 Å². The summed E-state index contributed by atoms with van der Waals surface area (Å²) in [6.45, 7) is 4.00. The van der Waals surface area contributed by atoms with E-state index in [1.165, 1.54) is 0 Å². The van der Waals surface area contributed by atoms with Gasteiger partial charge in [-0.3, -0.25) is 4.79 Å². The lowest BCUT2D eigenvalue weighted by Gasteiger charge is -2.11. The molecule has 0 fully saturated rings. The maximum absolute atomic E-state index is 12.9. The molecule has 0 atom stereocenters. The predicted octanol–water partition coefficient (Wildman–Crippen LogP) is 6.09. The molecule has 156 valence electrons. The molecule has 1 N–H and O–H groups in total. The van der Waals surface area contributed by atoms with Gasteiger partial charge in [0.05, 0.1) is 11.4 Å². The molecule has 0 aliphatic carbocycles. The molecule has 1 aromatic heterocycles. The monoisotopic (exact) mass is 432 g/mol. The Balaban J connectivity index is 1.52. The summed E-state index contributed by atoms with van der Waals surface area (Å²) < 4.78 is 7.46. The summed E-state index contributed by atoms with van der Waals surface area (Å²) in [5, 5.41) is 11.9. The first-order valence-corrected chi connectivity index (χ1v) is 10.2. The zero-order valence-corrected chi connectivity index (χ0v) is 17.9. The molecule has 0 unspecified atom stereocenters. The number of amides is 1. The molecule has 0 radical (unpaired) electrons. The van der Waals surface area contributed by atoms with Gasteiger partial charge in [-0.25, -0.2) is 4.68 Å². The third-order valence-corrected chi connectivity index (χ3v) is 4.88. The van der Waals surface area contributed by atoms with Crippen LogP contribution in [0.5, 0.6) is 11.5 Å². The molecular weight excluding hydrogens is 412 g/mol. The number of aromatic nitrogens is 3. The molecule has 31 heavy (non-hydrogen) atoms. The number of benzene rings is 3. The average Bonchev–Trinajstić information content (AvgIpc) is 3.22. The van der Waals surface area contributed by atoms with Crippen molar-refractivity contribution in [3.05, 3.63) is 95.3 Å². The van der Waals surface area contributed by atoms with Gasteiger partial charge in [-0.05, 0) is 66.6 Å². The van der Waals surface area contributed by atoms with Gasteiger partial charge in [0.1, 0.15) is 11.5 Å². The summed E-state index contributed by atoms with van der Waals surface area (Å²) in [4.78, 5) is 12.9. The lowest BCUT2D eigenvalue weighted by atomic mass is 10.1. The van der Waals surface area contributed by atoms with E-state index < -0.39 is 0 Å². The van der Waals surface area contributed by atoms with Crippen molar-refractivity contribution in [1.82, 2.24) is 15.0 Å². The maximum atomic E-state index is 12.9. The number of halogens is 1. The minimum Gasteiger partial charge on any atom is -0.457 e. The first-order chi connectivity index (χ1) is 15.0. The minimum absolute atomic E-state index is 0.0353. The molecule has 0 bridgehead atoms. The Hall–Kier alpha value is -3.64. The molecule has 0 spiro atoms. The van der Waals surface area contributed by atoms with E-state index in [9.17, 15) is 4.79 Å². The van der Waals surface area contributed by atoms with Crippen molar-refractivity contribution in [2.75, 3.05) is 5.32 Å². The lowest BCUT2D eigenvalue weighted by Crippen LogP contribution is -2.16. The minimum atomic E-state index is -0.319. The number of anilines is 1. The highest BCUT2D eigenvalue weighted by Crippen LogP contribution is 2.25. The topological polar surface area (TPSA) is 69.0 Å². The van der Waals surface area contributed by atoms with Gasteiger partial charge in [-0.1, -0.05) is 48.9 Å².